The third-order valence-electron chi connectivity index (χ3n) is 8.37. The molecule has 0 aromatic heterocycles. The Balaban J connectivity index is 1.57. The van der Waals surface area contributed by atoms with Crippen molar-refractivity contribution in [3.63, 3.8) is 0 Å². The van der Waals surface area contributed by atoms with Crippen molar-refractivity contribution in [2.75, 3.05) is 0 Å². The Morgan fingerprint density at radius 2 is 0.605 bits per heavy atom. The lowest BCUT2D eigenvalue weighted by Crippen LogP contribution is -2.19. The molecule has 0 fully saturated rings. The van der Waals surface area contributed by atoms with Gasteiger partial charge in [0.15, 0.2) is 0 Å². The summed E-state index contributed by atoms with van der Waals surface area (Å²) < 4.78 is 39.7. The molecular formula is C36H45O6P. The van der Waals surface area contributed by atoms with Gasteiger partial charge in [-0.05, 0) is 69.3 Å². The number of benzene rings is 3. The minimum Gasteiger partial charge on any atom is -0.408 e. The summed E-state index contributed by atoms with van der Waals surface area (Å²) in [5.41, 5.74) is 9.29. The summed E-state index contributed by atoms with van der Waals surface area (Å²) in [4.78, 5) is 0. The van der Waals surface area contributed by atoms with Crippen molar-refractivity contribution in [2.45, 2.75) is 118 Å². The largest absolute Gasteiger partial charge is 0.530 e. The van der Waals surface area contributed by atoms with Crippen LogP contribution >= 0.6 is 8.60 Å². The van der Waals surface area contributed by atoms with Gasteiger partial charge in [0.25, 0.3) is 0 Å². The van der Waals surface area contributed by atoms with Crippen LogP contribution in [0.15, 0.2) is 36.4 Å². The maximum Gasteiger partial charge on any atom is 0.530 e. The van der Waals surface area contributed by atoms with Crippen molar-refractivity contribution in [2.24, 2.45) is 0 Å². The highest BCUT2D eigenvalue weighted by Gasteiger charge is 2.33. The van der Waals surface area contributed by atoms with Crippen molar-refractivity contribution in [3.05, 3.63) is 86.5 Å². The molecule has 0 spiro atoms. The van der Waals surface area contributed by atoms with Gasteiger partial charge in [-0.25, -0.2) is 0 Å². The molecule has 3 aliphatic heterocycles. The number of hydrogen-bond acceptors (Lipinski definition) is 6. The van der Waals surface area contributed by atoms with Crippen molar-refractivity contribution in [1.82, 2.24) is 0 Å². The average molecular weight is 605 g/mol. The fourth-order valence-electron chi connectivity index (χ4n) is 5.65. The Bertz CT molecular complexity index is 1280. The van der Waals surface area contributed by atoms with Gasteiger partial charge < -0.3 is 27.8 Å². The van der Waals surface area contributed by atoms with Crippen LogP contribution in [0.1, 0.15) is 112 Å². The van der Waals surface area contributed by atoms with Gasteiger partial charge in [0.1, 0.15) is 17.2 Å². The molecule has 3 aromatic carbocycles. The second-order valence-electron chi connectivity index (χ2n) is 15.1. The fraction of sp³-hybridized carbons (Fsp3) is 0.500. The van der Waals surface area contributed by atoms with Crippen molar-refractivity contribution >= 4 is 8.60 Å². The Morgan fingerprint density at radius 3 is 0.791 bits per heavy atom. The zero-order valence-electron chi connectivity index (χ0n) is 27.1. The molecule has 3 aliphatic rings. The molecule has 3 aromatic rings. The van der Waals surface area contributed by atoms with E-state index in [2.05, 4.69) is 98.7 Å². The monoisotopic (exact) mass is 604 g/mol. The van der Waals surface area contributed by atoms with Crippen LogP contribution in [0.25, 0.3) is 0 Å². The predicted molar refractivity (Wildman–Crippen MR) is 170 cm³/mol. The minimum atomic E-state index is -1.88. The predicted octanol–water partition coefficient (Wildman–Crippen LogP) is 9.43. The highest BCUT2D eigenvalue weighted by Crippen LogP contribution is 2.51. The standard InChI is InChI=1S/C36H45O6P/c1-34(2,3)28-10-22-16-37-18-24-12-29(35(4,5)6)14-26-20-39-21-27-15-30(36(7,8)9)13-25-19-38-17-23(11-28)31(22)40-43(41-32(24)26)42-33(25)27/h10-15H,16-21H2,1-9H3. The molecule has 0 amide bonds. The van der Waals surface area contributed by atoms with Crippen molar-refractivity contribution in [3.8, 4) is 17.2 Å². The topological polar surface area (TPSA) is 55.4 Å². The molecule has 0 saturated carbocycles. The van der Waals surface area contributed by atoms with E-state index in [0.29, 0.717) is 39.6 Å². The minimum absolute atomic E-state index is 0.0584. The average Bonchev–Trinajstić information content (AvgIpc) is 2.90. The van der Waals surface area contributed by atoms with Gasteiger partial charge in [0.05, 0.1) is 39.6 Å². The van der Waals surface area contributed by atoms with Crippen LogP contribution in [0.3, 0.4) is 0 Å². The summed E-state index contributed by atoms with van der Waals surface area (Å²) in [7, 11) is -1.88. The van der Waals surface area contributed by atoms with Crippen molar-refractivity contribution < 1.29 is 27.8 Å². The Morgan fingerprint density at radius 1 is 0.395 bits per heavy atom. The van der Waals surface area contributed by atoms with Crippen LogP contribution in [-0.4, -0.2) is 0 Å². The molecule has 0 atom stereocenters. The number of rotatable bonds is 0. The van der Waals surface area contributed by atoms with Gasteiger partial charge in [-0.2, -0.15) is 0 Å². The third-order valence-corrected chi connectivity index (χ3v) is 9.36. The van der Waals surface area contributed by atoms with Crippen LogP contribution in [-0.2, 0) is 70.1 Å². The van der Waals surface area contributed by atoms with E-state index in [9.17, 15) is 0 Å². The van der Waals surface area contributed by atoms with E-state index >= 15 is 0 Å². The first-order valence-corrected chi connectivity index (χ1v) is 16.3. The van der Waals surface area contributed by atoms with Gasteiger partial charge in [-0.1, -0.05) is 62.3 Å². The molecule has 0 unspecified atom stereocenters. The fourth-order valence-corrected chi connectivity index (χ4v) is 6.91. The van der Waals surface area contributed by atoms with E-state index in [1.165, 1.54) is 16.7 Å². The molecule has 6 rings (SSSR count). The van der Waals surface area contributed by atoms with E-state index in [4.69, 9.17) is 27.8 Å². The van der Waals surface area contributed by atoms with E-state index in [-0.39, 0.29) is 16.2 Å². The molecule has 6 nitrogen and oxygen atoms in total. The SMILES string of the molecule is CC(C)(C)c1cc2c3c(c1)COCc1cc(C(C)(C)C)cc4c1OP(O3)Oc1c(cc(C(C)(C)C)cc1COC4)COC2. The Labute approximate surface area is 258 Å². The maximum absolute atomic E-state index is 6.81. The Kier molecular flexibility index (Phi) is 7.82. The van der Waals surface area contributed by atoms with E-state index in [1.54, 1.807) is 0 Å². The highest BCUT2D eigenvalue weighted by atomic mass is 31.2. The summed E-state index contributed by atoms with van der Waals surface area (Å²) in [5.74, 6) is 2.17. The quantitative estimate of drug-likeness (QED) is 0.238. The van der Waals surface area contributed by atoms with E-state index in [1.807, 2.05) is 0 Å². The van der Waals surface area contributed by atoms with Gasteiger partial charge >= 0.3 is 8.60 Å². The van der Waals surface area contributed by atoms with E-state index in [0.717, 1.165) is 50.6 Å². The van der Waals surface area contributed by atoms with Crippen LogP contribution in [0.2, 0.25) is 0 Å². The van der Waals surface area contributed by atoms with E-state index < -0.39 is 8.60 Å². The second-order valence-corrected chi connectivity index (χ2v) is 16.1. The lowest BCUT2D eigenvalue weighted by molar-refractivity contribution is 0.0909. The summed E-state index contributed by atoms with van der Waals surface area (Å²) in [5, 5.41) is 0. The smallest absolute Gasteiger partial charge is 0.408 e. The zero-order chi connectivity index (χ0) is 30.7. The molecule has 0 saturated heterocycles. The van der Waals surface area contributed by atoms with Crippen LogP contribution < -0.4 is 13.6 Å². The molecule has 0 N–H and O–H groups in total. The molecule has 43 heavy (non-hydrogen) atoms. The number of ether oxygens (including phenoxy) is 3. The summed E-state index contributed by atoms with van der Waals surface area (Å²) in [6.07, 6.45) is 0. The first kappa shape index (κ1) is 30.4. The van der Waals surface area contributed by atoms with Crippen LogP contribution in [0.4, 0.5) is 0 Å². The lowest BCUT2D eigenvalue weighted by atomic mass is 9.84. The normalized spacial score (nSPS) is 17.5. The molecule has 0 aliphatic carbocycles. The van der Waals surface area contributed by atoms with Gasteiger partial charge in [0, 0.05) is 33.4 Å². The second kappa shape index (κ2) is 11.1. The lowest BCUT2D eigenvalue weighted by Gasteiger charge is -2.31. The first-order chi connectivity index (χ1) is 20.2. The molecule has 0 radical (unpaired) electrons. The number of hydrogen-bond donors (Lipinski definition) is 0. The highest BCUT2D eigenvalue weighted by molar-refractivity contribution is 7.43. The zero-order valence-corrected chi connectivity index (χ0v) is 28.0. The summed E-state index contributed by atoms with van der Waals surface area (Å²) >= 11 is 0. The molecule has 3 heterocycles. The molecular weight excluding hydrogens is 559 g/mol. The molecule has 230 valence electrons. The summed E-state index contributed by atoms with van der Waals surface area (Å²) in [6.45, 7) is 22.4. The van der Waals surface area contributed by atoms with Gasteiger partial charge in [0.2, 0.25) is 0 Å². The Hall–Kier alpha value is -2.63. The third kappa shape index (κ3) is 6.31. The first-order valence-electron chi connectivity index (χ1n) is 15.2. The van der Waals surface area contributed by atoms with Crippen LogP contribution in [0.5, 0.6) is 17.2 Å². The molecule has 4 bridgehead atoms. The maximum atomic E-state index is 6.81. The van der Waals surface area contributed by atoms with Crippen molar-refractivity contribution in [1.29, 1.82) is 0 Å². The van der Waals surface area contributed by atoms with Crippen LogP contribution in [0, 0.1) is 0 Å². The van der Waals surface area contributed by atoms with Gasteiger partial charge in [-0.15, -0.1) is 0 Å². The van der Waals surface area contributed by atoms with Gasteiger partial charge in [-0.3, -0.25) is 0 Å². The summed E-state index contributed by atoms with van der Waals surface area (Å²) in [6, 6.07) is 13.2. The molecule has 7 heteroatoms.